The number of nitrogens with zero attached hydrogens (tertiary/aromatic N) is 1. The average molecular weight is 388 g/mol. The number of aromatic nitrogens is 1. The molecule has 0 aliphatic rings. The summed E-state index contributed by atoms with van der Waals surface area (Å²) in [4.78, 5) is 8.26. The predicted octanol–water partition coefficient (Wildman–Crippen LogP) is 6.38. The summed E-state index contributed by atoms with van der Waals surface area (Å²) in [5, 5.41) is 4.97. The summed E-state index contributed by atoms with van der Waals surface area (Å²) < 4.78 is 6.47. The van der Waals surface area contributed by atoms with Gasteiger partial charge in [-0.3, -0.25) is 0 Å². The van der Waals surface area contributed by atoms with Crippen molar-refractivity contribution in [1.29, 1.82) is 0 Å². The second kappa shape index (κ2) is 6.37. The van der Waals surface area contributed by atoms with Crippen LogP contribution in [0.1, 0.15) is 9.75 Å². The minimum Gasteiger partial charge on any atom is -0.486 e. The molecule has 0 saturated carbocycles. The highest BCUT2D eigenvalue weighted by Crippen LogP contribution is 2.38. The molecular formula is C18H13NOS4. The molecule has 120 valence electrons. The number of fused-ring (bicyclic) bond motifs is 1. The molecule has 24 heavy (non-hydrogen) atoms. The van der Waals surface area contributed by atoms with Crippen molar-refractivity contribution in [2.24, 2.45) is 0 Å². The van der Waals surface area contributed by atoms with E-state index in [-0.39, 0.29) is 0 Å². The molecule has 0 fully saturated rings. The zero-order valence-corrected chi connectivity index (χ0v) is 16.3. The predicted molar refractivity (Wildman–Crippen MR) is 110 cm³/mol. The average Bonchev–Trinajstić information content (AvgIpc) is 3.30. The maximum Gasteiger partial charge on any atom is 0.201 e. The minimum absolute atomic E-state index is 0.538. The van der Waals surface area contributed by atoms with Crippen molar-refractivity contribution in [1.82, 2.24) is 4.98 Å². The highest BCUT2D eigenvalue weighted by molar-refractivity contribution is 7.80. The molecule has 0 aliphatic carbocycles. The SMILES string of the molecule is COC(=S)c1cc(-c2nc(-c3cc4ccccc4s3)cs2)c(C)s1. The molecule has 4 aromatic rings. The van der Waals surface area contributed by atoms with Crippen LogP contribution in [0.3, 0.4) is 0 Å². The quantitative estimate of drug-likeness (QED) is 0.381. The Balaban J connectivity index is 1.72. The molecule has 0 unspecified atom stereocenters. The van der Waals surface area contributed by atoms with Crippen LogP contribution in [0.2, 0.25) is 0 Å². The molecule has 3 aromatic heterocycles. The standard InChI is InChI=1S/C18H13NOS4/c1-10-12(8-16(23-10)18(21)20-2)17-19-13(9-22-17)15-7-11-5-3-4-6-14(11)24-15/h3-9H,1-2H3. The van der Waals surface area contributed by atoms with Crippen LogP contribution >= 0.6 is 46.2 Å². The number of aryl methyl sites for hydroxylation is 1. The molecule has 0 spiro atoms. The number of ether oxygens (including phenoxy) is 1. The number of hydrogen-bond acceptors (Lipinski definition) is 6. The first-order chi connectivity index (χ1) is 11.7. The van der Waals surface area contributed by atoms with Crippen molar-refractivity contribution >= 4 is 61.4 Å². The van der Waals surface area contributed by atoms with Crippen molar-refractivity contribution in [3.8, 4) is 21.1 Å². The van der Waals surface area contributed by atoms with Crippen LogP contribution in [0.4, 0.5) is 0 Å². The molecule has 4 rings (SSSR count). The Bertz CT molecular complexity index is 1010. The topological polar surface area (TPSA) is 22.1 Å². The Morgan fingerprint density at radius 3 is 2.79 bits per heavy atom. The summed E-state index contributed by atoms with van der Waals surface area (Å²) in [6.45, 7) is 2.10. The molecular weight excluding hydrogens is 374 g/mol. The van der Waals surface area contributed by atoms with Gasteiger partial charge in [-0.15, -0.1) is 34.0 Å². The van der Waals surface area contributed by atoms with Crippen LogP contribution in [0, 0.1) is 6.92 Å². The Morgan fingerprint density at radius 1 is 1.17 bits per heavy atom. The van der Waals surface area contributed by atoms with Crippen molar-refractivity contribution in [3.63, 3.8) is 0 Å². The fourth-order valence-corrected chi connectivity index (χ4v) is 5.69. The molecule has 6 heteroatoms. The van der Waals surface area contributed by atoms with Crippen LogP contribution in [0.5, 0.6) is 0 Å². The van der Waals surface area contributed by atoms with Gasteiger partial charge in [0.2, 0.25) is 5.05 Å². The van der Waals surface area contributed by atoms with Crippen LogP contribution in [0.25, 0.3) is 31.2 Å². The Labute approximate surface area is 157 Å². The lowest BCUT2D eigenvalue weighted by atomic mass is 10.2. The molecule has 0 saturated heterocycles. The van der Waals surface area contributed by atoms with Crippen LogP contribution < -0.4 is 0 Å². The van der Waals surface area contributed by atoms with Crippen molar-refractivity contribution in [2.75, 3.05) is 7.11 Å². The Hall–Kier alpha value is -1.60. The number of thiazole rings is 1. The van der Waals surface area contributed by atoms with E-state index in [1.54, 1.807) is 41.1 Å². The summed E-state index contributed by atoms with van der Waals surface area (Å²) in [5.41, 5.74) is 2.18. The summed E-state index contributed by atoms with van der Waals surface area (Å²) in [7, 11) is 1.61. The maximum absolute atomic E-state index is 5.24. The second-order valence-corrected chi connectivity index (χ2v) is 8.83. The lowest BCUT2D eigenvalue weighted by Crippen LogP contribution is -1.94. The molecule has 3 heterocycles. The lowest BCUT2D eigenvalue weighted by molar-refractivity contribution is 0.417. The largest absolute Gasteiger partial charge is 0.486 e. The number of rotatable bonds is 3. The first-order valence-electron chi connectivity index (χ1n) is 7.29. The Kier molecular flexibility index (Phi) is 4.22. The van der Waals surface area contributed by atoms with E-state index >= 15 is 0 Å². The van der Waals surface area contributed by atoms with Gasteiger partial charge in [0.15, 0.2) is 0 Å². The highest BCUT2D eigenvalue weighted by atomic mass is 32.1. The maximum atomic E-state index is 5.24. The first-order valence-corrected chi connectivity index (χ1v) is 10.2. The van der Waals surface area contributed by atoms with E-state index in [2.05, 4.69) is 48.7 Å². The lowest BCUT2D eigenvalue weighted by Gasteiger charge is -1.95. The summed E-state index contributed by atoms with van der Waals surface area (Å²) in [6.07, 6.45) is 0. The third-order valence-electron chi connectivity index (χ3n) is 3.72. The zero-order chi connectivity index (χ0) is 16.7. The summed E-state index contributed by atoms with van der Waals surface area (Å²) >= 11 is 10.3. The second-order valence-electron chi connectivity index (χ2n) is 5.26. The van der Waals surface area contributed by atoms with E-state index in [0.717, 1.165) is 21.1 Å². The van der Waals surface area contributed by atoms with E-state index in [1.807, 2.05) is 0 Å². The van der Waals surface area contributed by atoms with E-state index in [4.69, 9.17) is 21.9 Å². The van der Waals surface area contributed by atoms with Gasteiger partial charge in [0, 0.05) is 20.5 Å². The zero-order valence-electron chi connectivity index (χ0n) is 13.0. The van der Waals surface area contributed by atoms with Gasteiger partial charge < -0.3 is 4.74 Å². The number of methoxy groups -OCH3 is 1. The highest BCUT2D eigenvalue weighted by Gasteiger charge is 2.15. The first kappa shape index (κ1) is 15.9. The molecule has 0 bridgehead atoms. The smallest absolute Gasteiger partial charge is 0.201 e. The monoisotopic (exact) mass is 387 g/mol. The third kappa shape index (κ3) is 2.80. The molecule has 1 aromatic carbocycles. The van der Waals surface area contributed by atoms with E-state index < -0.39 is 0 Å². The fourth-order valence-electron chi connectivity index (χ4n) is 2.51. The van der Waals surface area contributed by atoms with Gasteiger partial charge in [0.05, 0.1) is 22.6 Å². The van der Waals surface area contributed by atoms with Gasteiger partial charge >= 0.3 is 0 Å². The summed E-state index contributed by atoms with van der Waals surface area (Å²) in [6, 6.07) is 12.7. The normalized spacial score (nSPS) is 11.1. The van der Waals surface area contributed by atoms with Gasteiger partial charge in [-0.25, -0.2) is 4.98 Å². The van der Waals surface area contributed by atoms with Gasteiger partial charge in [-0.05, 0) is 42.7 Å². The molecule has 0 atom stereocenters. The van der Waals surface area contributed by atoms with Crippen LogP contribution in [-0.4, -0.2) is 17.1 Å². The molecule has 2 nitrogen and oxygen atoms in total. The number of thiocarbonyl (C=S) groups is 1. The van der Waals surface area contributed by atoms with E-state index in [1.165, 1.54) is 19.8 Å². The fraction of sp³-hybridized carbons (Fsp3) is 0.111. The van der Waals surface area contributed by atoms with Crippen LogP contribution in [0.15, 0.2) is 41.8 Å². The number of thiophene rings is 2. The number of hydrogen-bond donors (Lipinski definition) is 0. The molecule has 0 aliphatic heterocycles. The summed E-state index contributed by atoms with van der Waals surface area (Å²) in [5.74, 6) is 0. The minimum atomic E-state index is 0.538. The van der Waals surface area contributed by atoms with Crippen molar-refractivity contribution < 1.29 is 4.74 Å². The van der Waals surface area contributed by atoms with Gasteiger partial charge in [0.1, 0.15) is 5.01 Å². The van der Waals surface area contributed by atoms with E-state index in [9.17, 15) is 0 Å². The van der Waals surface area contributed by atoms with E-state index in [0.29, 0.717) is 5.05 Å². The molecule has 0 N–H and O–H groups in total. The van der Waals surface area contributed by atoms with Gasteiger partial charge in [-0.1, -0.05) is 18.2 Å². The third-order valence-corrected chi connectivity index (χ3v) is 7.30. The van der Waals surface area contributed by atoms with Crippen LogP contribution in [-0.2, 0) is 4.74 Å². The number of benzene rings is 1. The van der Waals surface area contributed by atoms with Crippen molar-refractivity contribution in [3.05, 3.63) is 51.5 Å². The van der Waals surface area contributed by atoms with Gasteiger partial charge in [-0.2, -0.15) is 0 Å². The molecule has 0 amide bonds. The van der Waals surface area contributed by atoms with Crippen molar-refractivity contribution in [2.45, 2.75) is 6.92 Å². The molecule has 0 radical (unpaired) electrons. The van der Waals surface area contributed by atoms with Gasteiger partial charge in [0.25, 0.3) is 0 Å². The Morgan fingerprint density at radius 2 is 2.00 bits per heavy atom.